The summed E-state index contributed by atoms with van der Waals surface area (Å²) in [6.07, 6.45) is 3.53. The highest BCUT2D eigenvalue weighted by molar-refractivity contribution is 5.96. The second kappa shape index (κ2) is 5.42. The largest absolute Gasteiger partial charge is 0.381 e. The Balaban J connectivity index is 1.99. The van der Waals surface area contributed by atoms with Crippen LogP contribution in [0.3, 0.4) is 0 Å². The average molecular weight is 273 g/mol. The molecule has 0 bridgehead atoms. The zero-order valence-corrected chi connectivity index (χ0v) is 10.9. The highest BCUT2D eigenvalue weighted by Crippen LogP contribution is 2.30. The monoisotopic (exact) mass is 273 g/mol. The lowest BCUT2D eigenvalue weighted by Crippen LogP contribution is -2.27. The van der Waals surface area contributed by atoms with E-state index in [9.17, 15) is 10.1 Å². The molecule has 20 heavy (non-hydrogen) atoms. The van der Waals surface area contributed by atoms with Crippen molar-refractivity contribution in [3.8, 4) is 0 Å². The third-order valence-corrected chi connectivity index (χ3v) is 3.52. The highest BCUT2D eigenvalue weighted by Gasteiger charge is 2.18. The van der Waals surface area contributed by atoms with E-state index >= 15 is 0 Å². The molecule has 0 spiro atoms. The predicted octanol–water partition coefficient (Wildman–Crippen LogP) is 2.73. The van der Waals surface area contributed by atoms with E-state index in [1.807, 2.05) is 0 Å². The second-order valence-electron chi connectivity index (χ2n) is 4.82. The molecule has 3 rings (SSSR count). The Morgan fingerprint density at radius 2 is 2.10 bits per heavy atom. The second-order valence-corrected chi connectivity index (χ2v) is 4.82. The van der Waals surface area contributed by atoms with Crippen LogP contribution in [0.4, 0.5) is 11.4 Å². The fraction of sp³-hybridized carbons (Fsp3) is 0.357. The number of benzene rings is 1. The van der Waals surface area contributed by atoms with Gasteiger partial charge >= 0.3 is 0 Å². The molecule has 1 aromatic heterocycles. The number of anilines is 1. The predicted molar refractivity (Wildman–Crippen MR) is 75.9 cm³/mol. The fourth-order valence-corrected chi connectivity index (χ4v) is 2.50. The van der Waals surface area contributed by atoms with Crippen molar-refractivity contribution in [2.24, 2.45) is 0 Å². The molecule has 0 radical (unpaired) electrons. The normalized spacial score (nSPS) is 16.2. The number of nitrogens with one attached hydrogen (secondary N) is 1. The van der Waals surface area contributed by atoms with Crippen LogP contribution in [0.2, 0.25) is 0 Å². The Kier molecular flexibility index (Phi) is 3.47. The Hall–Kier alpha value is -2.21. The summed E-state index contributed by atoms with van der Waals surface area (Å²) in [5.41, 5.74) is 1.58. The van der Waals surface area contributed by atoms with Crippen LogP contribution in [-0.4, -0.2) is 29.2 Å². The van der Waals surface area contributed by atoms with Gasteiger partial charge in [0, 0.05) is 31.5 Å². The van der Waals surface area contributed by atoms with Gasteiger partial charge in [-0.15, -0.1) is 0 Å². The molecule has 0 saturated carbocycles. The number of nitrogens with zero attached hydrogens (tertiary/aromatic N) is 2. The molecular weight excluding hydrogens is 258 g/mol. The summed E-state index contributed by atoms with van der Waals surface area (Å²) in [6.45, 7) is 1.49. The van der Waals surface area contributed by atoms with E-state index in [0.717, 1.165) is 31.7 Å². The molecule has 0 aliphatic carbocycles. The fourth-order valence-electron chi connectivity index (χ4n) is 2.50. The van der Waals surface area contributed by atoms with Crippen LogP contribution in [0, 0.1) is 10.1 Å². The molecule has 1 fully saturated rings. The lowest BCUT2D eigenvalue weighted by Gasteiger charge is -2.24. The molecule has 1 aromatic carbocycles. The zero-order valence-electron chi connectivity index (χ0n) is 10.9. The molecule has 6 heteroatoms. The summed E-state index contributed by atoms with van der Waals surface area (Å²) in [5.74, 6) is 0. The van der Waals surface area contributed by atoms with Crippen molar-refractivity contribution >= 4 is 22.3 Å². The van der Waals surface area contributed by atoms with Crippen molar-refractivity contribution in [2.45, 2.75) is 18.9 Å². The van der Waals surface area contributed by atoms with Gasteiger partial charge in [0.2, 0.25) is 0 Å². The van der Waals surface area contributed by atoms with E-state index in [4.69, 9.17) is 4.74 Å². The number of hydrogen-bond acceptors (Lipinski definition) is 5. The van der Waals surface area contributed by atoms with E-state index in [1.165, 1.54) is 6.07 Å². The minimum absolute atomic E-state index is 0.0885. The van der Waals surface area contributed by atoms with E-state index in [1.54, 1.807) is 24.4 Å². The summed E-state index contributed by atoms with van der Waals surface area (Å²) in [4.78, 5) is 15.0. The highest BCUT2D eigenvalue weighted by atomic mass is 16.6. The van der Waals surface area contributed by atoms with Gasteiger partial charge in [-0.2, -0.15) is 0 Å². The number of ether oxygens (including phenoxy) is 1. The summed E-state index contributed by atoms with van der Waals surface area (Å²) >= 11 is 0. The van der Waals surface area contributed by atoms with Crippen LogP contribution >= 0.6 is 0 Å². The first-order valence-electron chi connectivity index (χ1n) is 6.62. The number of nitro benzene ring substituents is 1. The molecular formula is C14H15N3O3. The first-order valence-corrected chi connectivity index (χ1v) is 6.62. The van der Waals surface area contributed by atoms with Gasteiger partial charge in [-0.25, -0.2) is 0 Å². The van der Waals surface area contributed by atoms with Gasteiger partial charge in [0.05, 0.1) is 16.0 Å². The molecule has 104 valence electrons. The molecule has 0 atom stereocenters. The smallest absolute Gasteiger partial charge is 0.278 e. The van der Waals surface area contributed by atoms with Crippen LogP contribution in [0.15, 0.2) is 30.5 Å². The van der Waals surface area contributed by atoms with Crippen LogP contribution in [0.1, 0.15) is 12.8 Å². The van der Waals surface area contributed by atoms with E-state index in [0.29, 0.717) is 16.9 Å². The number of rotatable bonds is 3. The van der Waals surface area contributed by atoms with Crippen molar-refractivity contribution in [2.75, 3.05) is 18.5 Å². The molecule has 0 amide bonds. The van der Waals surface area contributed by atoms with Gasteiger partial charge in [-0.3, -0.25) is 15.1 Å². The van der Waals surface area contributed by atoms with E-state index < -0.39 is 0 Å². The Labute approximate surface area is 115 Å². The maximum atomic E-state index is 11.1. The number of aromatic nitrogens is 1. The lowest BCUT2D eigenvalue weighted by molar-refractivity contribution is -0.383. The summed E-state index contributed by atoms with van der Waals surface area (Å²) in [7, 11) is 0. The Bertz CT molecular complexity index is 639. The SMILES string of the molecule is O=[N+]([O-])c1ccc(NC2CCOCC2)c2ncccc12. The van der Waals surface area contributed by atoms with Gasteiger partial charge in [0.15, 0.2) is 0 Å². The standard InChI is InChI=1S/C14H15N3O3/c18-17(19)13-4-3-12(14-11(13)2-1-7-15-14)16-10-5-8-20-9-6-10/h1-4,7,10,16H,5-6,8-9H2. The van der Waals surface area contributed by atoms with Gasteiger partial charge in [0.1, 0.15) is 5.52 Å². The first kappa shape index (κ1) is 12.8. The van der Waals surface area contributed by atoms with Crippen molar-refractivity contribution in [3.63, 3.8) is 0 Å². The molecule has 2 heterocycles. The van der Waals surface area contributed by atoms with Gasteiger partial charge in [-0.05, 0) is 31.0 Å². The number of pyridine rings is 1. The summed E-state index contributed by atoms with van der Waals surface area (Å²) in [5, 5.41) is 15.0. The quantitative estimate of drug-likeness (QED) is 0.687. The molecule has 1 saturated heterocycles. The third-order valence-electron chi connectivity index (χ3n) is 3.52. The third kappa shape index (κ3) is 2.42. The molecule has 1 aliphatic heterocycles. The Morgan fingerprint density at radius 1 is 1.30 bits per heavy atom. The molecule has 2 aromatic rings. The summed E-state index contributed by atoms with van der Waals surface area (Å²) < 4.78 is 5.33. The lowest BCUT2D eigenvalue weighted by atomic mass is 10.1. The number of non-ortho nitro benzene ring substituents is 1. The van der Waals surface area contributed by atoms with Crippen LogP contribution in [-0.2, 0) is 4.74 Å². The van der Waals surface area contributed by atoms with Crippen LogP contribution in [0.25, 0.3) is 10.9 Å². The van der Waals surface area contributed by atoms with Crippen LogP contribution < -0.4 is 5.32 Å². The number of hydrogen-bond donors (Lipinski definition) is 1. The van der Waals surface area contributed by atoms with Gasteiger partial charge in [0.25, 0.3) is 5.69 Å². The minimum Gasteiger partial charge on any atom is -0.381 e. The molecule has 0 unspecified atom stereocenters. The van der Waals surface area contributed by atoms with Crippen LogP contribution in [0.5, 0.6) is 0 Å². The van der Waals surface area contributed by atoms with Gasteiger partial charge in [-0.1, -0.05) is 0 Å². The maximum Gasteiger partial charge on any atom is 0.278 e. The van der Waals surface area contributed by atoms with E-state index in [-0.39, 0.29) is 10.6 Å². The van der Waals surface area contributed by atoms with Crippen molar-refractivity contribution in [3.05, 3.63) is 40.6 Å². The average Bonchev–Trinajstić information content (AvgIpc) is 2.48. The topological polar surface area (TPSA) is 77.3 Å². The van der Waals surface area contributed by atoms with Crippen molar-refractivity contribution < 1.29 is 9.66 Å². The zero-order chi connectivity index (χ0) is 13.9. The Morgan fingerprint density at radius 3 is 2.85 bits per heavy atom. The van der Waals surface area contributed by atoms with E-state index in [2.05, 4.69) is 10.3 Å². The molecule has 6 nitrogen and oxygen atoms in total. The molecule has 1 N–H and O–H groups in total. The van der Waals surface area contributed by atoms with Crippen molar-refractivity contribution in [1.29, 1.82) is 0 Å². The number of fused-ring (bicyclic) bond motifs is 1. The maximum absolute atomic E-state index is 11.1. The van der Waals surface area contributed by atoms with Gasteiger partial charge < -0.3 is 10.1 Å². The summed E-state index contributed by atoms with van der Waals surface area (Å²) in [6, 6.07) is 7.05. The molecule has 1 aliphatic rings. The minimum atomic E-state index is -0.373. The number of nitro groups is 1. The van der Waals surface area contributed by atoms with Crippen molar-refractivity contribution in [1.82, 2.24) is 4.98 Å². The first-order chi connectivity index (χ1) is 9.75.